The number of rotatable bonds is 6. The van der Waals surface area contributed by atoms with E-state index in [4.69, 9.17) is 9.47 Å². The van der Waals surface area contributed by atoms with Crippen LogP contribution in [0.2, 0.25) is 0 Å². The van der Waals surface area contributed by atoms with Gasteiger partial charge in [-0.25, -0.2) is 9.78 Å². The summed E-state index contributed by atoms with van der Waals surface area (Å²) >= 11 is 0. The number of methoxy groups -OCH3 is 1. The molecule has 1 N–H and O–H groups in total. The Morgan fingerprint density at radius 1 is 1.35 bits per heavy atom. The number of carbonyl (C=O) groups excluding carboxylic acids is 1. The predicted octanol–water partition coefficient (Wildman–Crippen LogP) is 2.31. The topological polar surface area (TPSA) is 82.5 Å². The van der Waals surface area contributed by atoms with Crippen molar-refractivity contribution >= 4 is 16.9 Å². The average Bonchev–Trinajstić information content (AvgIpc) is 2.57. The minimum Gasteiger partial charge on any atom is -0.481 e. The third kappa shape index (κ3) is 3.80. The van der Waals surface area contributed by atoms with Crippen molar-refractivity contribution in [1.82, 2.24) is 14.9 Å². The third-order valence-corrected chi connectivity index (χ3v) is 3.46. The van der Waals surface area contributed by atoms with E-state index in [0.717, 1.165) is 12.8 Å². The molecule has 23 heavy (non-hydrogen) atoms. The van der Waals surface area contributed by atoms with E-state index >= 15 is 0 Å². The van der Waals surface area contributed by atoms with Crippen LogP contribution in [0, 0.1) is 0 Å². The second-order valence-electron chi connectivity index (χ2n) is 5.03. The van der Waals surface area contributed by atoms with Gasteiger partial charge in [0.25, 0.3) is 5.56 Å². The zero-order valence-electron chi connectivity index (χ0n) is 13.6. The third-order valence-electron chi connectivity index (χ3n) is 3.46. The molecule has 0 aromatic carbocycles. The number of nitrogens with one attached hydrogen (secondary N) is 1. The van der Waals surface area contributed by atoms with E-state index in [1.54, 1.807) is 6.07 Å². The Balaban J connectivity index is 2.40. The molecule has 0 bridgehead atoms. The number of aryl methyl sites for hydroxylation is 1. The van der Waals surface area contributed by atoms with Crippen molar-refractivity contribution in [1.29, 1.82) is 0 Å². The summed E-state index contributed by atoms with van der Waals surface area (Å²) in [6.07, 6.45) is 4.32. The Hall–Kier alpha value is -2.57. The van der Waals surface area contributed by atoms with Crippen molar-refractivity contribution < 1.29 is 14.3 Å². The lowest BCUT2D eigenvalue weighted by atomic mass is 10.2. The summed E-state index contributed by atoms with van der Waals surface area (Å²) in [6, 6.07) is 1.55. The van der Waals surface area contributed by atoms with Gasteiger partial charge in [-0.1, -0.05) is 13.3 Å². The lowest BCUT2D eigenvalue weighted by Crippen LogP contribution is -2.28. The van der Waals surface area contributed by atoms with E-state index in [1.165, 1.54) is 24.1 Å². The van der Waals surface area contributed by atoms with Crippen molar-refractivity contribution in [2.45, 2.75) is 33.2 Å². The Kier molecular flexibility index (Phi) is 5.56. The number of nitrogens with zero attached hydrogens (tertiary/aromatic N) is 2. The fraction of sp³-hybridized carbons (Fsp3) is 0.438. The first-order chi connectivity index (χ1) is 11.1. The maximum atomic E-state index is 12.4. The molecule has 2 aromatic rings. The van der Waals surface area contributed by atoms with E-state index in [-0.39, 0.29) is 5.56 Å². The average molecular weight is 319 g/mol. The molecule has 0 atom stereocenters. The van der Waals surface area contributed by atoms with Gasteiger partial charge in [0.15, 0.2) is 5.75 Å². The molecule has 0 aliphatic heterocycles. The lowest BCUT2D eigenvalue weighted by molar-refractivity contribution is 0.200. The summed E-state index contributed by atoms with van der Waals surface area (Å²) in [6.45, 7) is 4.90. The number of aromatic nitrogens is 2. The molecule has 0 aliphatic carbocycles. The first-order valence-electron chi connectivity index (χ1n) is 7.63. The van der Waals surface area contributed by atoms with Crippen LogP contribution >= 0.6 is 0 Å². The van der Waals surface area contributed by atoms with Crippen LogP contribution < -0.4 is 20.3 Å². The van der Waals surface area contributed by atoms with Crippen molar-refractivity contribution in [2.75, 3.05) is 13.7 Å². The fourth-order valence-corrected chi connectivity index (χ4v) is 2.16. The van der Waals surface area contributed by atoms with Gasteiger partial charge >= 0.3 is 6.09 Å². The highest BCUT2D eigenvalue weighted by Gasteiger charge is 2.14. The van der Waals surface area contributed by atoms with E-state index in [2.05, 4.69) is 10.3 Å². The minimum atomic E-state index is -0.545. The molecule has 0 aliphatic rings. The number of hydrogen-bond acceptors (Lipinski definition) is 5. The van der Waals surface area contributed by atoms with Crippen molar-refractivity contribution in [3.8, 4) is 11.6 Å². The van der Waals surface area contributed by atoms with E-state index in [1.807, 2.05) is 13.8 Å². The van der Waals surface area contributed by atoms with Gasteiger partial charge < -0.3 is 19.4 Å². The second-order valence-corrected chi connectivity index (χ2v) is 5.03. The normalized spacial score (nSPS) is 10.6. The number of hydrogen-bond donors (Lipinski definition) is 1. The number of pyridine rings is 2. The van der Waals surface area contributed by atoms with Crippen LogP contribution in [0.1, 0.15) is 26.7 Å². The molecule has 0 spiro atoms. The molecule has 7 nitrogen and oxygen atoms in total. The number of unbranched alkanes of at least 4 members (excludes halogenated alkanes) is 1. The molecule has 2 rings (SSSR count). The van der Waals surface area contributed by atoms with Crippen LogP contribution in [0.3, 0.4) is 0 Å². The molecule has 1 amide bonds. The summed E-state index contributed by atoms with van der Waals surface area (Å²) < 4.78 is 11.9. The highest BCUT2D eigenvalue weighted by atomic mass is 16.6. The van der Waals surface area contributed by atoms with Crippen LogP contribution in [-0.4, -0.2) is 29.3 Å². The maximum absolute atomic E-state index is 12.4. The van der Waals surface area contributed by atoms with Crippen LogP contribution in [0.5, 0.6) is 11.6 Å². The molecular weight excluding hydrogens is 298 g/mol. The smallest absolute Gasteiger partial charge is 0.412 e. The van der Waals surface area contributed by atoms with E-state index in [9.17, 15) is 9.59 Å². The van der Waals surface area contributed by atoms with E-state index < -0.39 is 6.09 Å². The largest absolute Gasteiger partial charge is 0.481 e. The molecule has 0 radical (unpaired) electrons. The van der Waals surface area contributed by atoms with Gasteiger partial charge in [0.2, 0.25) is 5.88 Å². The Morgan fingerprint density at radius 3 is 2.78 bits per heavy atom. The molecule has 124 valence electrons. The van der Waals surface area contributed by atoms with Gasteiger partial charge in [-0.2, -0.15) is 0 Å². The van der Waals surface area contributed by atoms with Gasteiger partial charge in [-0.3, -0.25) is 4.79 Å². The highest BCUT2D eigenvalue weighted by molar-refractivity contribution is 5.89. The molecule has 2 heterocycles. The SMILES string of the molecule is CCCCNC(=O)Oc1cn(CC)c(=O)c2cc(OC)ncc12. The lowest BCUT2D eigenvalue weighted by Gasteiger charge is -2.12. The molecule has 0 unspecified atom stereocenters. The van der Waals surface area contributed by atoms with E-state index in [0.29, 0.717) is 35.5 Å². The first kappa shape index (κ1) is 16.8. The summed E-state index contributed by atoms with van der Waals surface area (Å²) in [5, 5.41) is 3.56. The van der Waals surface area contributed by atoms with Gasteiger partial charge in [-0.05, 0) is 13.3 Å². The number of amides is 1. The molecule has 7 heteroatoms. The maximum Gasteiger partial charge on any atom is 0.412 e. The fourth-order valence-electron chi connectivity index (χ4n) is 2.16. The quantitative estimate of drug-likeness (QED) is 0.826. The Labute approximate surface area is 134 Å². The highest BCUT2D eigenvalue weighted by Crippen LogP contribution is 2.24. The zero-order valence-corrected chi connectivity index (χ0v) is 13.6. The van der Waals surface area contributed by atoms with Crippen LogP contribution in [0.15, 0.2) is 23.3 Å². The van der Waals surface area contributed by atoms with Crippen LogP contribution in [0.25, 0.3) is 10.8 Å². The summed E-state index contributed by atoms with van der Waals surface area (Å²) in [5.41, 5.74) is -0.179. The Morgan fingerprint density at radius 2 is 2.13 bits per heavy atom. The molecule has 0 fully saturated rings. The molecule has 2 aromatic heterocycles. The van der Waals surface area contributed by atoms with Gasteiger partial charge in [0.1, 0.15) is 0 Å². The standard InChI is InChI=1S/C16H21N3O4/c1-4-6-7-17-16(21)23-13-10-19(5-2)15(20)11-8-14(22-3)18-9-12(11)13/h8-10H,4-7H2,1-3H3,(H,17,21). The molecule has 0 saturated carbocycles. The number of carbonyl (C=O) groups is 1. The van der Waals surface area contributed by atoms with Crippen molar-refractivity contribution in [2.24, 2.45) is 0 Å². The van der Waals surface area contributed by atoms with Gasteiger partial charge in [-0.15, -0.1) is 0 Å². The summed E-state index contributed by atoms with van der Waals surface area (Å²) in [4.78, 5) is 28.4. The van der Waals surface area contributed by atoms with Crippen LogP contribution in [0.4, 0.5) is 4.79 Å². The van der Waals surface area contributed by atoms with Crippen molar-refractivity contribution in [3.63, 3.8) is 0 Å². The summed E-state index contributed by atoms with van der Waals surface area (Å²) in [5.74, 6) is 0.632. The van der Waals surface area contributed by atoms with Crippen LogP contribution in [-0.2, 0) is 6.54 Å². The molecule has 0 saturated heterocycles. The summed E-state index contributed by atoms with van der Waals surface area (Å²) in [7, 11) is 1.48. The first-order valence-corrected chi connectivity index (χ1v) is 7.63. The number of ether oxygens (including phenoxy) is 2. The van der Waals surface area contributed by atoms with Gasteiger partial charge in [0.05, 0.1) is 24.1 Å². The Bertz CT molecular complexity index is 755. The monoisotopic (exact) mass is 319 g/mol. The van der Waals surface area contributed by atoms with Crippen molar-refractivity contribution in [3.05, 3.63) is 28.8 Å². The zero-order chi connectivity index (χ0) is 16.8. The minimum absolute atomic E-state index is 0.179. The number of fused-ring (bicyclic) bond motifs is 1. The van der Waals surface area contributed by atoms with Gasteiger partial charge in [0, 0.05) is 25.4 Å². The molecular formula is C16H21N3O4. The predicted molar refractivity (Wildman–Crippen MR) is 87.2 cm³/mol. The second kappa shape index (κ2) is 7.62.